The summed E-state index contributed by atoms with van der Waals surface area (Å²) >= 11 is -2.42. The van der Waals surface area contributed by atoms with Crippen molar-refractivity contribution in [1.82, 2.24) is 9.78 Å². The first-order valence-corrected chi connectivity index (χ1v) is 12.4. The number of aromatic nitrogens is 2. The molecule has 8 heteroatoms. The van der Waals surface area contributed by atoms with E-state index in [0.717, 1.165) is 27.8 Å². The van der Waals surface area contributed by atoms with E-state index in [1.165, 1.54) is 0 Å². The predicted molar refractivity (Wildman–Crippen MR) is 140 cm³/mol. The van der Waals surface area contributed by atoms with Gasteiger partial charge in [0.15, 0.2) is 5.82 Å². The molecule has 1 unspecified atom stereocenters. The van der Waals surface area contributed by atoms with Crippen LogP contribution in [-0.2, 0) is 28.7 Å². The quantitative estimate of drug-likeness (QED) is 0.270. The zero-order chi connectivity index (χ0) is 25.2. The summed E-state index contributed by atoms with van der Waals surface area (Å²) in [6, 6.07) is 26.3. The van der Waals surface area contributed by atoms with E-state index in [0.29, 0.717) is 34.4 Å². The van der Waals surface area contributed by atoms with Gasteiger partial charge in [-0.25, -0.2) is 9.07 Å². The molecule has 1 aromatic heterocycles. The summed E-state index contributed by atoms with van der Waals surface area (Å²) in [4.78, 5) is 0. The average Bonchev–Trinajstić information content (AvgIpc) is 3.25. The first-order chi connectivity index (χ1) is 17.5. The van der Waals surface area contributed by atoms with Crippen LogP contribution in [0.5, 0.6) is 0 Å². The number of benzene rings is 4. The van der Waals surface area contributed by atoms with Crippen molar-refractivity contribution in [2.45, 2.75) is 20.1 Å². The number of aryl methyl sites for hydroxylation is 1. The zero-order valence-corrected chi connectivity index (χ0v) is 20.3. The monoisotopic (exact) mass is 501 g/mol. The van der Waals surface area contributed by atoms with Crippen molar-refractivity contribution in [2.75, 3.05) is 0 Å². The van der Waals surface area contributed by atoms with Gasteiger partial charge in [0, 0.05) is 17.5 Å². The lowest BCUT2D eigenvalue weighted by atomic mass is 9.94. The third kappa shape index (κ3) is 4.59. The van der Waals surface area contributed by atoms with E-state index in [2.05, 4.69) is 5.10 Å². The number of hydrogen-bond donors (Lipinski definition) is 2. The largest absolute Gasteiger partial charge is 0.326 e. The van der Waals surface area contributed by atoms with Crippen molar-refractivity contribution < 1.29 is 17.3 Å². The van der Waals surface area contributed by atoms with E-state index in [-0.39, 0.29) is 6.61 Å². The molecule has 0 bridgehead atoms. The number of hydrogen-bond acceptors (Lipinski definition) is 4. The summed E-state index contributed by atoms with van der Waals surface area (Å²) < 4.78 is 43.1. The van der Waals surface area contributed by atoms with Crippen molar-refractivity contribution in [3.63, 3.8) is 0 Å². The smallest absolute Gasteiger partial charge is 0.302 e. The maximum atomic E-state index is 16.2. The Morgan fingerprint density at radius 2 is 1.75 bits per heavy atom. The van der Waals surface area contributed by atoms with Crippen LogP contribution >= 0.6 is 0 Å². The molecule has 0 radical (unpaired) electrons. The van der Waals surface area contributed by atoms with Crippen LogP contribution in [0.3, 0.4) is 0 Å². The Morgan fingerprint density at radius 3 is 2.50 bits per heavy atom. The van der Waals surface area contributed by atoms with E-state index >= 15 is 4.39 Å². The first-order valence-electron chi connectivity index (χ1n) is 11.4. The van der Waals surface area contributed by atoms with Crippen molar-refractivity contribution in [3.8, 4) is 27.9 Å². The van der Waals surface area contributed by atoms with Gasteiger partial charge in [0.05, 0.1) is 18.0 Å². The molecule has 0 spiro atoms. The first kappa shape index (κ1) is 24.0. The van der Waals surface area contributed by atoms with Gasteiger partial charge in [-0.15, -0.1) is 0 Å². The van der Waals surface area contributed by atoms with Crippen LogP contribution in [0, 0.1) is 12.7 Å². The summed E-state index contributed by atoms with van der Waals surface area (Å²) in [6.45, 7) is 2.12. The fraction of sp³-hybridized carbons (Fsp3) is 0.107. The summed E-state index contributed by atoms with van der Waals surface area (Å²) in [7, 11) is 0. The molecule has 1 atom stereocenters. The lowest BCUT2D eigenvalue weighted by Gasteiger charge is -2.13. The number of halogens is 1. The molecule has 0 amide bonds. The van der Waals surface area contributed by atoms with Gasteiger partial charge >= 0.3 is 11.4 Å². The normalized spacial score (nSPS) is 12.2. The molecule has 0 aliphatic heterocycles. The minimum Gasteiger partial charge on any atom is -0.326 e. The lowest BCUT2D eigenvalue weighted by molar-refractivity contribution is 0.297. The van der Waals surface area contributed by atoms with E-state index < -0.39 is 17.2 Å². The molecule has 4 aromatic carbocycles. The molecule has 3 N–H and O–H groups in total. The molecule has 5 aromatic rings. The second-order valence-corrected chi connectivity index (χ2v) is 9.08. The minimum absolute atomic E-state index is 0.103. The van der Waals surface area contributed by atoms with Crippen LogP contribution < -0.4 is 5.73 Å². The minimum atomic E-state index is -2.42. The molecule has 182 valence electrons. The topological polar surface area (TPSA) is 90.4 Å². The van der Waals surface area contributed by atoms with Gasteiger partial charge in [0.1, 0.15) is 5.52 Å². The highest BCUT2D eigenvalue weighted by atomic mass is 32.2. The third-order valence-corrected chi connectivity index (χ3v) is 6.49. The lowest BCUT2D eigenvalue weighted by Crippen LogP contribution is -2.02. The van der Waals surface area contributed by atoms with Crippen LogP contribution in [0.4, 0.5) is 4.39 Å². The SMILES string of the molecule is Cc1nn(-c2cccc(CN)c2)c2c(F)c(-c3ccc(-c4ccccc4)c(COS(=O)O)c3)ccc12. The van der Waals surface area contributed by atoms with Gasteiger partial charge in [-0.1, -0.05) is 66.7 Å². The Labute approximate surface area is 210 Å². The van der Waals surface area contributed by atoms with Crippen LogP contribution in [0.1, 0.15) is 16.8 Å². The molecular weight excluding hydrogens is 477 g/mol. The van der Waals surface area contributed by atoms with Gasteiger partial charge in [-0.05, 0) is 52.9 Å². The fourth-order valence-electron chi connectivity index (χ4n) is 4.44. The highest BCUT2D eigenvalue weighted by Gasteiger charge is 2.19. The predicted octanol–water partition coefficient (Wildman–Crippen LogP) is 5.92. The van der Waals surface area contributed by atoms with E-state index in [4.69, 9.17) is 9.92 Å². The van der Waals surface area contributed by atoms with Gasteiger partial charge in [0.2, 0.25) is 0 Å². The third-order valence-electron chi connectivity index (χ3n) is 6.17. The maximum Gasteiger partial charge on any atom is 0.302 e. The Morgan fingerprint density at radius 1 is 0.972 bits per heavy atom. The average molecular weight is 502 g/mol. The highest BCUT2D eigenvalue weighted by molar-refractivity contribution is 7.74. The molecule has 0 aliphatic rings. The van der Waals surface area contributed by atoms with Crippen LogP contribution in [0.15, 0.2) is 84.9 Å². The molecule has 0 saturated heterocycles. The van der Waals surface area contributed by atoms with E-state index in [9.17, 15) is 8.76 Å². The van der Waals surface area contributed by atoms with Crippen molar-refractivity contribution >= 4 is 22.3 Å². The molecule has 36 heavy (non-hydrogen) atoms. The molecular formula is C28H24FN3O3S. The zero-order valence-electron chi connectivity index (χ0n) is 19.5. The number of nitrogens with zero attached hydrogens (tertiary/aromatic N) is 2. The number of rotatable bonds is 7. The Kier molecular flexibility index (Phi) is 6.75. The maximum absolute atomic E-state index is 16.2. The van der Waals surface area contributed by atoms with Crippen LogP contribution in [0.2, 0.25) is 0 Å². The Hall–Kier alpha value is -3.69. The standard InChI is InChI=1S/C28H24FN3O3S/c1-18-24-12-13-26(27(29)28(24)32(31-18)23-9-5-6-19(14-23)16-30)21-10-11-25(20-7-3-2-4-8-20)22(15-21)17-35-36(33)34/h2-15H,16-17,30H2,1H3,(H,33,34). The van der Waals surface area contributed by atoms with Crippen LogP contribution in [0.25, 0.3) is 38.8 Å². The van der Waals surface area contributed by atoms with E-state index in [1.807, 2.05) is 79.7 Å². The van der Waals surface area contributed by atoms with Crippen molar-refractivity contribution in [2.24, 2.45) is 5.73 Å². The number of fused-ring (bicyclic) bond motifs is 1. The number of nitrogens with two attached hydrogens (primary N) is 1. The summed E-state index contributed by atoms with van der Waals surface area (Å²) in [6.07, 6.45) is 0. The van der Waals surface area contributed by atoms with Gasteiger partial charge in [0.25, 0.3) is 0 Å². The summed E-state index contributed by atoms with van der Waals surface area (Å²) in [5, 5.41) is 5.32. The van der Waals surface area contributed by atoms with Crippen molar-refractivity contribution in [3.05, 3.63) is 108 Å². The Bertz CT molecular complexity index is 1580. The van der Waals surface area contributed by atoms with Crippen molar-refractivity contribution in [1.29, 1.82) is 0 Å². The second-order valence-electron chi connectivity index (χ2n) is 8.41. The molecule has 0 saturated carbocycles. The molecule has 6 nitrogen and oxygen atoms in total. The van der Waals surface area contributed by atoms with Gasteiger partial charge in [-0.2, -0.15) is 9.31 Å². The van der Waals surface area contributed by atoms with Gasteiger partial charge in [-0.3, -0.25) is 8.74 Å². The summed E-state index contributed by atoms with van der Waals surface area (Å²) in [5.74, 6) is -0.406. The summed E-state index contributed by atoms with van der Waals surface area (Å²) in [5.41, 5.74) is 12.0. The van der Waals surface area contributed by atoms with Gasteiger partial charge < -0.3 is 5.73 Å². The molecule has 1 heterocycles. The van der Waals surface area contributed by atoms with E-state index in [1.54, 1.807) is 16.8 Å². The molecule has 0 aliphatic carbocycles. The fourth-order valence-corrected chi connectivity index (χ4v) is 4.66. The molecule has 5 rings (SSSR count). The molecule has 0 fully saturated rings. The second kappa shape index (κ2) is 10.1. The highest BCUT2D eigenvalue weighted by Crippen LogP contribution is 2.35. The van der Waals surface area contributed by atoms with Crippen LogP contribution in [-0.4, -0.2) is 18.5 Å². The Balaban J connectivity index is 1.66.